The van der Waals surface area contributed by atoms with Crippen molar-refractivity contribution < 1.29 is 32.0 Å². The molecule has 5 nitrogen and oxygen atoms in total. The van der Waals surface area contributed by atoms with Crippen LogP contribution in [0.2, 0.25) is 5.02 Å². The number of likely N-dealkylation sites (tertiary alicyclic amines) is 1. The summed E-state index contributed by atoms with van der Waals surface area (Å²) >= 11 is 6.17. The zero-order valence-electron chi connectivity index (χ0n) is 16.4. The number of rotatable bonds is 7. The van der Waals surface area contributed by atoms with Crippen molar-refractivity contribution in [1.82, 2.24) is 0 Å². The average molecular weight is 437 g/mol. The summed E-state index contributed by atoms with van der Waals surface area (Å²) in [4.78, 5) is 18.1. The minimum Gasteiger partial charge on any atom is -1.00 e. The van der Waals surface area contributed by atoms with Crippen LogP contribution in [0.1, 0.15) is 29.5 Å². The van der Waals surface area contributed by atoms with Crippen molar-refractivity contribution in [2.75, 3.05) is 26.2 Å². The molecule has 2 aromatic carbocycles. The number of aliphatic carboxylic acids is 1. The summed E-state index contributed by atoms with van der Waals surface area (Å²) in [6, 6.07) is 15.6. The minimum absolute atomic E-state index is 0. The summed E-state index contributed by atoms with van der Waals surface area (Å²) in [5, 5.41) is 14.3. The van der Waals surface area contributed by atoms with Gasteiger partial charge < -0.3 is 27.3 Å². The molecule has 1 saturated heterocycles. The van der Waals surface area contributed by atoms with E-state index in [1.54, 1.807) is 0 Å². The van der Waals surface area contributed by atoms with Crippen molar-refractivity contribution >= 4 is 23.3 Å². The highest BCUT2D eigenvalue weighted by Crippen LogP contribution is 2.18. The lowest BCUT2D eigenvalue weighted by Gasteiger charge is -2.27. The Hall–Kier alpha value is -2.08. The van der Waals surface area contributed by atoms with Crippen LogP contribution in [-0.4, -0.2) is 43.0 Å². The van der Waals surface area contributed by atoms with Crippen LogP contribution in [0, 0.1) is 12.8 Å². The Balaban J connectivity index is 0.00000300. The van der Waals surface area contributed by atoms with Gasteiger partial charge in [-0.05, 0) is 37.5 Å². The van der Waals surface area contributed by atoms with Gasteiger partial charge in [0.2, 0.25) is 0 Å². The van der Waals surface area contributed by atoms with Crippen LogP contribution in [0.4, 0.5) is 0 Å². The van der Waals surface area contributed by atoms with Crippen molar-refractivity contribution in [3.63, 3.8) is 0 Å². The first-order chi connectivity index (χ1) is 13.5. The number of carboxylic acid groups (broad SMARTS) is 1. The number of piperidine rings is 1. The predicted octanol–water partition coefficient (Wildman–Crippen LogP) is -0.199. The van der Waals surface area contributed by atoms with Crippen LogP contribution < -0.4 is 17.3 Å². The quantitative estimate of drug-likeness (QED) is 0.359. The number of oxime groups is 1. The molecular weight excluding hydrogens is 411 g/mol. The summed E-state index contributed by atoms with van der Waals surface area (Å²) in [7, 11) is 0. The van der Waals surface area contributed by atoms with Crippen LogP contribution in [0.3, 0.4) is 0 Å². The molecule has 2 atom stereocenters. The van der Waals surface area contributed by atoms with Gasteiger partial charge in [0.1, 0.15) is 18.2 Å². The molecule has 0 saturated carbocycles. The van der Waals surface area contributed by atoms with Crippen molar-refractivity contribution in [3.8, 4) is 0 Å². The van der Waals surface area contributed by atoms with E-state index in [2.05, 4.69) is 5.16 Å². The van der Waals surface area contributed by atoms with Crippen molar-refractivity contribution in [2.45, 2.75) is 19.8 Å². The normalized spacial score (nSPS) is 19.3. The molecular formula is C22H26Cl2N2O3. The van der Waals surface area contributed by atoms with Gasteiger partial charge in [0.25, 0.3) is 0 Å². The van der Waals surface area contributed by atoms with E-state index in [1.165, 1.54) is 4.90 Å². The molecule has 29 heavy (non-hydrogen) atoms. The molecule has 1 heterocycles. The number of carboxylic acids is 1. The van der Waals surface area contributed by atoms with E-state index in [0.717, 1.165) is 48.3 Å². The number of nitrogens with zero attached hydrogens (tertiary/aromatic N) is 1. The Labute approximate surface area is 182 Å². The molecule has 1 fully saturated rings. The number of nitrogens with one attached hydrogen (secondary N) is 1. The van der Waals surface area contributed by atoms with Gasteiger partial charge in [-0.15, -0.1) is 0 Å². The Morgan fingerprint density at radius 3 is 2.79 bits per heavy atom. The molecule has 0 bridgehead atoms. The van der Waals surface area contributed by atoms with Gasteiger partial charge in [-0.1, -0.05) is 53.2 Å². The third-order valence-corrected chi connectivity index (χ3v) is 5.40. The first-order valence-electron chi connectivity index (χ1n) is 9.63. The fourth-order valence-corrected chi connectivity index (χ4v) is 3.81. The van der Waals surface area contributed by atoms with Gasteiger partial charge >= 0.3 is 5.97 Å². The van der Waals surface area contributed by atoms with E-state index in [1.807, 2.05) is 55.5 Å². The summed E-state index contributed by atoms with van der Waals surface area (Å²) in [6.07, 6.45) is 1.70. The summed E-state index contributed by atoms with van der Waals surface area (Å²) in [6.45, 7) is 4.86. The van der Waals surface area contributed by atoms with E-state index in [0.29, 0.717) is 18.2 Å². The maximum absolute atomic E-state index is 11.2. The highest BCUT2D eigenvalue weighted by atomic mass is 35.5. The third-order valence-electron chi connectivity index (χ3n) is 5.17. The third kappa shape index (κ3) is 6.46. The summed E-state index contributed by atoms with van der Waals surface area (Å²) in [5.74, 6) is -0.944. The molecule has 1 aliphatic rings. The first-order valence-corrected chi connectivity index (χ1v) is 10.0. The maximum Gasteiger partial charge on any atom is 0.312 e. The molecule has 156 valence electrons. The summed E-state index contributed by atoms with van der Waals surface area (Å²) < 4.78 is 0. The van der Waals surface area contributed by atoms with Gasteiger partial charge in [-0.3, -0.25) is 4.79 Å². The summed E-state index contributed by atoms with van der Waals surface area (Å²) in [5.41, 5.74) is 3.76. The number of hydrogen-bond donors (Lipinski definition) is 2. The van der Waals surface area contributed by atoms with Crippen LogP contribution >= 0.6 is 11.6 Å². The minimum atomic E-state index is -0.695. The van der Waals surface area contributed by atoms with Crippen molar-refractivity contribution in [3.05, 3.63) is 70.2 Å². The van der Waals surface area contributed by atoms with Crippen LogP contribution in [0.15, 0.2) is 53.7 Å². The van der Waals surface area contributed by atoms with E-state index in [-0.39, 0.29) is 18.3 Å². The molecule has 1 unspecified atom stereocenters. The SMILES string of the molecule is Cc1ccccc1/C(=N/OCC[NH+]1CCC[C@H](C(=O)O)C1)c1cccc(Cl)c1.[Cl-]. The van der Waals surface area contributed by atoms with Crippen LogP contribution in [0.5, 0.6) is 0 Å². The second-order valence-corrected chi connectivity index (χ2v) is 7.67. The van der Waals surface area contributed by atoms with Crippen LogP contribution in [0.25, 0.3) is 0 Å². The van der Waals surface area contributed by atoms with Gasteiger partial charge in [0.15, 0.2) is 6.61 Å². The van der Waals surface area contributed by atoms with Gasteiger partial charge in [0.05, 0.1) is 13.1 Å². The highest BCUT2D eigenvalue weighted by molar-refractivity contribution is 6.31. The topological polar surface area (TPSA) is 63.3 Å². The molecule has 2 aromatic rings. The molecule has 7 heteroatoms. The Morgan fingerprint density at radius 1 is 1.28 bits per heavy atom. The Kier molecular flexibility index (Phi) is 8.96. The predicted molar refractivity (Wildman–Crippen MR) is 110 cm³/mol. The number of aryl methyl sites for hydroxylation is 1. The fourth-order valence-electron chi connectivity index (χ4n) is 3.62. The Bertz CT molecular complexity index is 857. The number of carbonyl (C=O) groups is 1. The van der Waals surface area contributed by atoms with Gasteiger partial charge in [-0.2, -0.15) is 0 Å². The maximum atomic E-state index is 11.2. The van der Waals surface area contributed by atoms with Gasteiger partial charge in [0, 0.05) is 16.1 Å². The number of benzene rings is 2. The largest absolute Gasteiger partial charge is 1.00 e. The molecule has 0 aliphatic carbocycles. The number of quaternary nitrogens is 1. The average Bonchev–Trinajstić information content (AvgIpc) is 2.69. The highest BCUT2D eigenvalue weighted by Gasteiger charge is 2.28. The standard InChI is InChI=1S/C22H25ClN2O3.ClH/c1-16-6-2-3-10-20(16)21(17-7-4-9-19(23)14-17)24-28-13-12-25-11-5-8-18(15-25)22(26)27;/h2-4,6-7,9-10,14,18H,5,8,11-13,15H2,1H3,(H,26,27);1H/b24-21+;/t18-;/m0./s1. The zero-order valence-corrected chi connectivity index (χ0v) is 17.9. The lowest BCUT2D eigenvalue weighted by molar-refractivity contribution is -0.907. The fraction of sp³-hybridized carbons (Fsp3) is 0.364. The second-order valence-electron chi connectivity index (χ2n) is 7.23. The van der Waals surface area contributed by atoms with E-state index in [9.17, 15) is 9.90 Å². The smallest absolute Gasteiger partial charge is 0.312 e. The monoisotopic (exact) mass is 436 g/mol. The molecule has 0 aromatic heterocycles. The molecule has 2 N–H and O–H groups in total. The molecule has 3 rings (SSSR count). The van der Waals surface area contributed by atoms with Crippen LogP contribution in [-0.2, 0) is 9.63 Å². The molecule has 0 radical (unpaired) electrons. The second kappa shape index (κ2) is 11.2. The molecule has 0 spiro atoms. The lowest BCUT2D eigenvalue weighted by atomic mass is 9.98. The Morgan fingerprint density at radius 2 is 2.07 bits per heavy atom. The lowest BCUT2D eigenvalue weighted by Crippen LogP contribution is -3.14. The van der Waals surface area contributed by atoms with Crippen molar-refractivity contribution in [2.24, 2.45) is 11.1 Å². The first kappa shape index (κ1) is 23.2. The zero-order chi connectivity index (χ0) is 19.9. The van der Waals surface area contributed by atoms with E-state index < -0.39 is 5.97 Å². The van der Waals surface area contributed by atoms with E-state index in [4.69, 9.17) is 16.4 Å². The van der Waals surface area contributed by atoms with Crippen molar-refractivity contribution in [1.29, 1.82) is 0 Å². The van der Waals surface area contributed by atoms with E-state index >= 15 is 0 Å². The number of hydrogen-bond acceptors (Lipinski definition) is 3. The molecule has 1 aliphatic heterocycles. The molecule has 0 amide bonds. The van der Waals surface area contributed by atoms with Gasteiger partial charge in [-0.25, -0.2) is 0 Å². The number of halogens is 2.